The van der Waals surface area contributed by atoms with E-state index in [1.165, 1.54) is 4.57 Å². The van der Waals surface area contributed by atoms with Crippen LogP contribution in [0.1, 0.15) is 0 Å². The molecular formula is C20H20N4O3. The largest absolute Gasteiger partial charge is 0.480 e. The van der Waals surface area contributed by atoms with Gasteiger partial charge in [-0.25, -0.2) is 4.98 Å². The lowest BCUT2D eigenvalue weighted by Gasteiger charge is -2.37. The molecule has 4 rings (SSSR count). The maximum Gasteiger partial charge on any atom is 0.323 e. The Morgan fingerprint density at radius 2 is 1.56 bits per heavy atom. The van der Waals surface area contributed by atoms with Crippen molar-refractivity contribution in [2.45, 2.75) is 6.54 Å². The molecule has 27 heavy (non-hydrogen) atoms. The molecule has 1 aliphatic rings. The summed E-state index contributed by atoms with van der Waals surface area (Å²) in [5.41, 5.74) is 1.43. The van der Waals surface area contributed by atoms with Crippen LogP contribution >= 0.6 is 0 Å². The molecule has 0 unspecified atom stereocenters. The number of aromatic nitrogens is 2. The van der Waals surface area contributed by atoms with Crippen molar-refractivity contribution < 1.29 is 9.90 Å². The lowest BCUT2D eigenvalue weighted by molar-refractivity contribution is -0.137. The van der Waals surface area contributed by atoms with Crippen molar-refractivity contribution in [2.24, 2.45) is 0 Å². The molecule has 0 saturated carbocycles. The molecule has 1 N–H and O–H groups in total. The van der Waals surface area contributed by atoms with E-state index in [1.807, 2.05) is 29.2 Å². The first-order chi connectivity index (χ1) is 13.1. The van der Waals surface area contributed by atoms with Gasteiger partial charge in [-0.05, 0) is 24.3 Å². The quantitative estimate of drug-likeness (QED) is 0.761. The van der Waals surface area contributed by atoms with Crippen molar-refractivity contribution in [1.82, 2.24) is 9.55 Å². The molecular weight excluding hydrogens is 344 g/mol. The predicted molar refractivity (Wildman–Crippen MR) is 105 cm³/mol. The summed E-state index contributed by atoms with van der Waals surface area (Å²) in [5, 5.41) is 9.70. The lowest BCUT2D eigenvalue weighted by atomic mass is 10.2. The summed E-state index contributed by atoms with van der Waals surface area (Å²) in [6.07, 6.45) is 0. The number of para-hydroxylation sites is 2. The fourth-order valence-corrected chi connectivity index (χ4v) is 3.48. The van der Waals surface area contributed by atoms with E-state index in [2.05, 4.69) is 22.0 Å². The molecule has 1 aliphatic heterocycles. The lowest BCUT2D eigenvalue weighted by Crippen LogP contribution is -2.48. The monoisotopic (exact) mass is 364 g/mol. The number of hydrogen-bond acceptors (Lipinski definition) is 5. The van der Waals surface area contributed by atoms with Crippen molar-refractivity contribution in [2.75, 3.05) is 36.0 Å². The number of hydrogen-bond donors (Lipinski definition) is 1. The Hall–Kier alpha value is -3.35. The van der Waals surface area contributed by atoms with E-state index in [0.29, 0.717) is 29.9 Å². The Kier molecular flexibility index (Phi) is 4.50. The fourth-order valence-electron chi connectivity index (χ4n) is 3.48. The summed E-state index contributed by atoms with van der Waals surface area (Å²) >= 11 is 0. The van der Waals surface area contributed by atoms with Gasteiger partial charge in [-0.1, -0.05) is 30.3 Å². The molecule has 1 saturated heterocycles. The van der Waals surface area contributed by atoms with Gasteiger partial charge >= 0.3 is 5.97 Å². The van der Waals surface area contributed by atoms with Gasteiger partial charge in [-0.15, -0.1) is 0 Å². The van der Waals surface area contributed by atoms with E-state index in [0.717, 1.165) is 18.8 Å². The minimum atomic E-state index is -1.06. The highest BCUT2D eigenvalue weighted by Crippen LogP contribution is 2.20. The number of carboxylic acid groups (broad SMARTS) is 1. The van der Waals surface area contributed by atoms with Crippen LogP contribution in [0.2, 0.25) is 0 Å². The second-order valence-electron chi connectivity index (χ2n) is 6.52. The van der Waals surface area contributed by atoms with Gasteiger partial charge in [0.1, 0.15) is 6.54 Å². The predicted octanol–water partition coefficient (Wildman–Crippen LogP) is 1.81. The van der Waals surface area contributed by atoms with E-state index >= 15 is 0 Å². The highest BCUT2D eigenvalue weighted by Gasteiger charge is 2.23. The molecule has 0 bridgehead atoms. The molecule has 1 fully saturated rings. The zero-order valence-corrected chi connectivity index (χ0v) is 14.8. The summed E-state index contributed by atoms with van der Waals surface area (Å²) in [6, 6.07) is 17.2. The zero-order valence-electron chi connectivity index (χ0n) is 14.8. The summed E-state index contributed by atoms with van der Waals surface area (Å²) < 4.78 is 1.27. The second kappa shape index (κ2) is 7.11. The van der Waals surface area contributed by atoms with Crippen molar-refractivity contribution >= 4 is 28.5 Å². The summed E-state index contributed by atoms with van der Waals surface area (Å²) in [5.74, 6) is -0.632. The van der Waals surface area contributed by atoms with Gasteiger partial charge in [0.05, 0.1) is 10.9 Å². The summed E-state index contributed by atoms with van der Waals surface area (Å²) in [4.78, 5) is 33.0. The van der Waals surface area contributed by atoms with Crippen molar-refractivity contribution in [3.05, 3.63) is 65.0 Å². The molecule has 7 nitrogen and oxygen atoms in total. The van der Waals surface area contributed by atoms with E-state index in [1.54, 1.807) is 18.2 Å². The van der Waals surface area contributed by atoms with E-state index in [4.69, 9.17) is 0 Å². The molecule has 138 valence electrons. The first-order valence-electron chi connectivity index (χ1n) is 8.90. The van der Waals surface area contributed by atoms with Gasteiger partial charge in [0, 0.05) is 31.9 Å². The van der Waals surface area contributed by atoms with Crippen LogP contribution in [0.25, 0.3) is 10.9 Å². The Morgan fingerprint density at radius 3 is 2.26 bits per heavy atom. The van der Waals surface area contributed by atoms with Gasteiger partial charge in [0.15, 0.2) is 0 Å². The third-order valence-electron chi connectivity index (χ3n) is 4.82. The van der Waals surface area contributed by atoms with Crippen LogP contribution < -0.4 is 15.4 Å². The molecule has 0 spiro atoms. The highest BCUT2D eigenvalue weighted by atomic mass is 16.4. The Balaban J connectivity index is 1.67. The number of fused-ring (bicyclic) bond motifs is 1. The number of benzene rings is 2. The van der Waals surface area contributed by atoms with Crippen LogP contribution in [-0.2, 0) is 11.3 Å². The van der Waals surface area contributed by atoms with Crippen molar-refractivity contribution in [1.29, 1.82) is 0 Å². The van der Waals surface area contributed by atoms with Crippen LogP contribution in [0, 0.1) is 0 Å². The maximum absolute atomic E-state index is 12.8. The van der Waals surface area contributed by atoms with Crippen LogP contribution in [0.5, 0.6) is 0 Å². The van der Waals surface area contributed by atoms with E-state index < -0.39 is 12.5 Å². The van der Waals surface area contributed by atoms with Gasteiger partial charge in [0.2, 0.25) is 5.95 Å². The number of carboxylic acids is 1. The minimum Gasteiger partial charge on any atom is -0.480 e. The number of rotatable bonds is 4. The van der Waals surface area contributed by atoms with Gasteiger partial charge in [0.25, 0.3) is 5.56 Å². The van der Waals surface area contributed by atoms with Gasteiger partial charge < -0.3 is 14.9 Å². The SMILES string of the molecule is O=C(O)Cn1c(N2CCN(c3ccccc3)CC2)nc2ccccc2c1=O. The van der Waals surface area contributed by atoms with E-state index in [9.17, 15) is 14.7 Å². The average molecular weight is 364 g/mol. The molecule has 0 radical (unpaired) electrons. The Bertz CT molecular complexity index is 1020. The number of anilines is 2. The third-order valence-corrected chi connectivity index (χ3v) is 4.82. The normalized spacial score (nSPS) is 14.5. The van der Waals surface area contributed by atoms with E-state index in [-0.39, 0.29) is 5.56 Å². The van der Waals surface area contributed by atoms with Crippen LogP contribution in [0.4, 0.5) is 11.6 Å². The third kappa shape index (κ3) is 3.36. The molecule has 2 heterocycles. The standard InChI is InChI=1S/C20H20N4O3/c25-18(26)14-24-19(27)16-8-4-5-9-17(16)21-20(24)23-12-10-22(11-13-23)15-6-2-1-3-7-15/h1-9H,10-14H2,(H,25,26). The zero-order chi connectivity index (χ0) is 18.8. The van der Waals surface area contributed by atoms with Crippen molar-refractivity contribution in [3.63, 3.8) is 0 Å². The molecule has 2 aromatic carbocycles. The second-order valence-corrected chi connectivity index (χ2v) is 6.52. The fraction of sp³-hybridized carbons (Fsp3) is 0.250. The summed E-state index contributed by atoms with van der Waals surface area (Å²) in [7, 11) is 0. The number of carbonyl (C=O) groups is 1. The average Bonchev–Trinajstić information content (AvgIpc) is 2.70. The van der Waals surface area contributed by atoms with Crippen molar-refractivity contribution in [3.8, 4) is 0 Å². The maximum atomic E-state index is 12.8. The molecule has 0 amide bonds. The van der Waals surface area contributed by atoms with Gasteiger partial charge in [-0.2, -0.15) is 0 Å². The number of aliphatic carboxylic acids is 1. The molecule has 0 atom stereocenters. The first-order valence-corrected chi connectivity index (χ1v) is 8.90. The highest BCUT2D eigenvalue weighted by molar-refractivity contribution is 5.79. The minimum absolute atomic E-state index is 0.316. The molecule has 7 heteroatoms. The molecule has 3 aromatic rings. The Morgan fingerprint density at radius 1 is 0.926 bits per heavy atom. The molecule has 1 aromatic heterocycles. The number of piperazine rings is 1. The van der Waals surface area contributed by atoms with Crippen LogP contribution in [0.3, 0.4) is 0 Å². The smallest absolute Gasteiger partial charge is 0.323 e. The topological polar surface area (TPSA) is 78.7 Å². The first kappa shape index (κ1) is 17.1. The Labute approximate surface area is 156 Å². The summed E-state index contributed by atoms with van der Waals surface area (Å²) in [6.45, 7) is 2.49. The van der Waals surface area contributed by atoms with Crippen LogP contribution in [0.15, 0.2) is 59.4 Å². The number of nitrogens with zero attached hydrogens (tertiary/aromatic N) is 4. The van der Waals surface area contributed by atoms with Gasteiger partial charge in [-0.3, -0.25) is 14.2 Å². The van der Waals surface area contributed by atoms with Crippen LogP contribution in [-0.4, -0.2) is 46.8 Å². The molecule has 0 aliphatic carbocycles.